The molecule has 36 heavy (non-hydrogen) atoms. The van der Waals surface area contributed by atoms with Crippen LogP contribution in [0.1, 0.15) is 22.5 Å². The van der Waals surface area contributed by atoms with Crippen LogP contribution in [0.15, 0.2) is 61.2 Å². The minimum atomic E-state index is -0.515. The van der Waals surface area contributed by atoms with Crippen molar-refractivity contribution in [1.82, 2.24) is 9.97 Å². The van der Waals surface area contributed by atoms with Crippen LogP contribution >= 0.6 is 0 Å². The zero-order chi connectivity index (χ0) is 25.3. The number of hydrogen-bond donors (Lipinski definition) is 0. The first-order valence-electron chi connectivity index (χ1n) is 9.14. The van der Waals surface area contributed by atoms with Gasteiger partial charge in [-0.15, -0.1) is 0 Å². The molecule has 0 spiro atoms. The molecule has 0 atom stereocenters. The molecule has 0 unspecified atom stereocenters. The van der Waals surface area contributed by atoms with E-state index in [1.165, 1.54) is 44.8 Å². The number of pyridine rings is 2. The average molecular weight is 498 g/mol. The fourth-order valence-corrected chi connectivity index (χ4v) is 2.24. The Morgan fingerprint density at radius 3 is 1.78 bits per heavy atom. The van der Waals surface area contributed by atoms with Crippen LogP contribution in [0.2, 0.25) is 0 Å². The molecule has 2 aromatic heterocycles. The molecule has 0 fully saturated rings. The SMILES string of the molecule is [C-]#[N+]/C=C(\OC)c1ccc(/C(=C/C#N)OC)cn1.[C-]#[N+]/C=C(\[O-])c1ccc(/C([O-])=C/C#N)cn1.[Na+].[Na+]. The maximum absolute atomic E-state index is 11.2. The normalized spacial score (nSPS) is 10.8. The molecule has 168 valence electrons. The first-order valence-corrected chi connectivity index (χ1v) is 9.14. The quantitative estimate of drug-likeness (QED) is 0.172. The van der Waals surface area contributed by atoms with Gasteiger partial charge in [0.05, 0.1) is 51.3 Å². The summed E-state index contributed by atoms with van der Waals surface area (Å²) >= 11 is 0. The molecule has 0 N–H and O–H groups in total. The summed E-state index contributed by atoms with van der Waals surface area (Å²) in [6.45, 7) is 13.2. The van der Waals surface area contributed by atoms with Gasteiger partial charge in [-0.3, -0.25) is 9.97 Å². The average Bonchev–Trinajstić information content (AvgIpc) is 2.87. The molecule has 2 rings (SSSR count). The summed E-state index contributed by atoms with van der Waals surface area (Å²) in [6, 6.07) is 9.66. The Balaban J connectivity index is 0. The molecule has 12 heteroatoms. The van der Waals surface area contributed by atoms with E-state index in [1.54, 1.807) is 24.4 Å². The molecule has 0 amide bonds. The summed E-state index contributed by atoms with van der Waals surface area (Å²) in [5.41, 5.74) is 1.54. The van der Waals surface area contributed by atoms with E-state index < -0.39 is 11.5 Å². The number of nitriles is 2. The van der Waals surface area contributed by atoms with Gasteiger partial charge in [0.2, 0.25) is 0 Å². The van der Waals surface area contributed by atoms with Crippen LogP contribution in [0.5, 0.6) is 0 Å². The number of nitrogens with zero attached hydrogens (tertiary/aromatic N) is 6. The van der Waals surface area contributed by atoms with E-state index >= 15 is 0 Å². The number of ether oxygens (including phenoxy) is 2. The largest absolute Gasteiger partial charge is 1.00 e. The first-order chi connectivity index (χ1) is 16.4. The predicted octanol–water partition coefficient (Wildman–Crippen LogP) is -3.65. The molecule has 0 aliphatic heterocycles. The second-order valence-electron chi connectivity index (χ2n) is 5.79. The standard InChI is InChI=1S/C13H11N3O2.C11H7N3O2.2Na/c1-15-9-13(18-3)11-5-4-10(8-16-11)12(17-2)6-7-14;1-13-7-11(16)9-3-2-8(6-14-9)10(15)4-5-12;;/h4-6,8-9H,2-3H3;2-4,6-7,15-16H;;/q;;2*+1/p-2/b12-6-,13-9-;10-4-,11-7-;;. The summed E-state index contributed by atoms with van der Waals surface area (Å²) in [4.78, 5) is 13.8. The summed E-state index contributed by atoms with van der Waals surface area (Å²) in [5.74, 6) is -0.161. The molecular formula is C24H16N6Na2O4. The van der Waals surface area contributed by atoms with Crippen LogP contribution in [0.25, 0.3) is 32.7 Å². The molecule has 10 nitrogen and oxygen atoms in total. The molecular weight excluding hydrogens is 482 g/mol. The summed E-state index contributed by atoms with van der Waals surface area (Å²) in [5, 5.41) is 39.2. The second-order valence-corrected chi connectivity index (χ2v) is 5.79. The Morgan fingerprint density at radius 1 is 0.806 bits per heavy atom. The van der Waals surface area contributed by atoms with Crippen LogP contribution in [-0.2, 0) is 9.47 Å². The Labute approximate surface area is 253 Å². The van der Waals surface area contributed by atoms with E-state index in [2.05, 4.69) is 19.7 Å². The van der Waals surface area contributed by atoms with E-state index in [1.807, 2.05) is 6.07 Å². The van der Waals surface area contributed by atoms with Crippen molar-refractivity contribution in [1.29, 1.82) is 10.5 Å². The molecule has 2 aromatic rings. The molecule has 0 bridgehead atoms. The van der Waals surface area contributed by atoms with Gasteiger partial charge in [-0.1, -0.05) is 17.6 Å². The summed E-state index contributed by atoms with van der Waals surface area (Å²) < 4.78 is 10.1. The number of allylic oxidation sites excluding steroid dienone is 2. The van der Waals surface area contributed by atoms with Gasteiger partial charge >= 0.3 is 59.1 Å². The van der Waals surface area contributed by atoms with Crippen molar-refractivity contribution in [3.05, 3.63) is 107 Å². The van der Waals surface area contributed by atoms with Crippen LogP contribution in [0, 0.1) is 35.8 Å². The minimum absolute atomic E-state index is 0. The van der Waals surface area contributed by atoms with Crippen LogP contribution < -0.4 is 69.3 Å². The maximum Gasteiger partial charge on any atom is 1.00 e. The van der Waals surface area contributed by atoms with Crippen molar-refractivity contribution >= 4 is 23.0 Å². The topological polar surface area (TPSA) is 147 Å². The summed E-state index contributed by atoms with van der Waals surface area (Å²) in [7, 11) is 2.96. The Kier molecular flexibility index (Phi) is 18.9. The van der Waals surface area contributed by atoms with Gasteiger partial charge in [0.1, 0.15) is 17.7 Å². The number of aromatic nitrogens is 2. The van der Waals surface area contributed by atoms with Crippen molar-refractivity contribution in [2.24, 2.45) is 0 Å². The van der Waals surface area contributed by atoms with Crippen LogP contribution in [0.3, 0.4) is 0 Å². The van der Waals surface area contributed by atoms with Gasteiger partial charge in [-0.05, 0) is 23.8 Å². The van der Waals surface area contributed by atoms with E-state index in [0.29, 0.717) is 22.8 Å². The van der Waals surface area contributed by atoms with Crippen LogP contribution in [-0.4, -0.2) is 24.2 Å². The maximum atomic E-state index is 11.2. The Morgan fingerprint density at radius 2 is 1.33 bits per heavy atom. The number of rotatable bonds is 6. The van der Waals surface area contributed by atoms with Gasteiger partial charge < -0.3 is 19.7 Å². The van der Waals surface area contributed by atoms with Crippen molar-refractivity contribution in [2.75, 3.05) is 14.2 Å². The van der Waals surface area contributed by atoms with E-state index in [-0.39, 0.29) is 70.4 Å². The third-order valence-corrected chi connectivity index (χ3v) is 3.80. The fourth-order valence-electron chi connectivity index (χ4n) is 2.24. The molecule has 0 saturated carbocycles. The van der Waals surface area contributed by atoms with Gasteiger partial charge in [0.25, 0.3) is 0 Å². The zero-order valence-corrected chi connectivity index (χ0v) is 24.1. The monoisotopic (exact) mass is 498 g/mol. The van der Waals surface area contributed by atoms with Crippen molar-refractivity contribution in [2.45, 2.75) is 0 Å². The van der Waals surface area contributed by atoms with Gasteiger partial charge in [0.15, 0.2) is 6.20 Å². The van der Waals surface area contributed by atoms with Crippen LogP contribution in [0.4, 0.5) is 0 Å². The van der Waals surface area contributed by atoms with Crippen molar-refractivity contribution in [3.8, 4) is 12.1 Å². The summed E-state index contributed by atoms with van der Waals surface area (Å²) in [6.07, 6.45) is 6.96. The first kappa shape index (κ1) is 34.6. The van der Waals surface area contributed by atoms with E-state index in [0.717, 1.165) is 12.3 Å². The number of hydrogen-bond acceptors (Lipinski definition) is 8. The second kappa shape index (κ2) is 19.7. The minimum Gasteiger partial charge on any atom is -0.880 e. The van der Waals surface area contributed by atoms with Crippen molar-refractivity contribution in [3.63, 3.8) is 0 Å². The predicted molar refractivity (Wildman–Crippen MR) is 119 cm³/mol. The van der Waals surface area contributed by atoms with E-state index in [9.17, 15) is 10.2 Å². The van der Waals surface area contributed by atoms with Gasteiger partial charge in [-0.2, -0.15) is 10.5 Å². The molecule has 0 aliphatic carbocycles. The smallest absolute Gasteiger partial charge is 0.880 e. The molecule has 0 radical (unpaired) electrons. The third-order valence-electron chi connectivity index (χ3n) is 3.80. The number of methoxy groups -OCH3 is 2. The van der Waals surface area contributed by atoms with Gasteiger partial charge in [-0.25, -0.2) is 9.69 Å². The molecule has 0 aromatic carbocycles. The molecule has 2 heterocycles. The zero-order valence-electron chi connectivity index (χ0n) is 20.1. The fraction of sp³-hybridized carbons (Fsp3) is 0.0833. The van der Waals surface area contributed by atoms with Gasteiger partial charge in [0, 0.05) is 29.7 Å². The Hall–Kier alpha value is -3.58. The third kappa shape index (κ3) is 11.2. The molecule has 0 saturated heterocycles. The molecule has 0 aliphatic rings. The van der Waals surface area contributed by atoms with Crippen molar-refractivity contribution < 1.29 is 78.8 Å². The van der Waals surface area contributed by atoms with E-state index in [4.69, 9.17) is 33.1 Å². The Bertz CT molecular complexity index is 1170.